The van der Waals surface area contributed by atoms with E-state index >= 15 is 0 Å². The number of rotatable bonds is 8. The van der Waals surface area contributed by atoms with E-state index in [4.69, 9.17) is 4.74 Å². The van der Waals surface area contributed by atoms with Crippen LogP contribution >= 0.6 is 11.8 Å². The first kappa shape index (κ1) is 23.2. The normalized spacial score (nSPS) is 11.0. The molecule has 1 heterocycles. The number of nitrogens with zero attached hydrogens (tertiary/aromatic N) is 1. The summed E-state index contributed by atoms with van der Waals surface area (Å²) < 4.78 is 30.1. The lowest BCUT2D eigenvalue weighted by atomic mass is 10.2. The molecule has 0 saturated carbocycles. The third-order valence-electron chi connectivity index (χ3n) is 4.11. The maximum Gasteiger partial charge on any atom is 0.338 e. The number of amides is 1. The van der Waals surface area contributed by atoms with Crippen LogP contribution in [0, 0.1) is 0 Å². The molecule has 1 amide bonds. The van der Waals surface area contributed by atoms with Crippen molar-refractivity contribution >= 4 is 39.2 Å². The molecule has 11 heteroatoms. The maximum atomic E-state index is 12.6. The van der Waals surface area contributed by atoms with E-state index in [0.717, 1.165) is 18.0 Å². The molecular formula is C21H19N3O6S2. The number of anilines is 1. The number of sulfone groups is 1. The molecule has 2 aromatic carbocycles. The van der Waals surface area contributed by atoms with Crippen molar-refractivity contribution in [2.24, 2.45) is 0 Å². The highest BCUT2D eigenvalue weighted by atomic mass is 32.2. The van der Waals surface area contributed by atoms with Crippen LogP contribution in [0.15, 0.2) is 80.5 Å². The summed E-state index contributed by atoms with van der Waals surface area (Å²) in [6.45, 7) is 1.98. The Kier molecular flexibility index (Phi) is 7.44. The quantitative estimate of drug-likeness (QED) is 0.289. The summed E-state index contributed by atoms with van der Waals surface area (Å²) in [5.41, 5.74) is 0.0299. The lowest BCUT2D eigenvalue weighted by Crippen LogP contribution is -2.20. The Morgan fingerprint density at radius 2 is 1.78 bits per heavy atom. The Morgan fingerprint density at radius 3 is 2.41 bits per heavy atom. The van der Waals surface area contributed by atoms with Crippen molar-refractivity contribution < 1.29 is 22.7 Å². The second-order valence-corrected chi connectivity index (χ2v) is 9.22. The van der Waals surface area contributed by atoms with E-state index in [1.807, 2.05) is 0 Å². The number of thioether (sulfide) groups is 1. The van der Waals surface area contributed by atoms with Crippen LogP contribution in [-0.2, 0) is 19.4 Å². The van der Waals surface area contributed by atoms with Gasteiger partial charge in [0.05, 0.1) is 29.0 Å². The van der Waals surface area contributed by atoms with Crippen LogP contribution in [0.1, 0.15) is 17.3 Å². The highest BCUT2D eigenvalue weighted by Gasteiger charge is 2.22. The summed E-state index contributed by atoms with van der Waals surface area (Å²) >= 11 is 0.944. The van der Waals surface area contributed by atoms with E-state index in [2.05, 4.69) is 15.3 Å². The molecule has 0 unspecified atom stereocenters. The molecule has 0 saturated heterocycles. The van der Waals surface area contributed by atoms with E-state index in [1.165, 1.54) is 24.3 Å². The van der Waals surface area contributed by atoms with Gasteiger partial charge in [0.2, 0.25) is 15.7 Å². The Hall–Kier alpha value is -3.44. The van der Waals surface area contributed by atoms with Gasteiger partial charge in [-0.2, -0.15) is 0 Å². The Balaban J connectivity index is 1.61. The fraction of sp³-hybridized carbons (Fsp3) is 0.143. The van der Waals surface area contributed by atoms with Gasteiger partial charge in [-0.05, 0) is 43.3 Å². The van der Waals surface area contributed by atoms with Crippen LogP contribution in [0.3, 0.4) is 0 Å². The van der Waals surface area contributed by atoms with Crippen LogP contribution in [0.4, 0.5) is 5.69 Å². The number of hydrogen-bond acceptors (Lipinski definition) is 8. The summed E-state index contributed by atoms with van der Waals surface area (Å²) in [4.78, 5) is 42.0. The summed E-state index contributed by atoms with van der Waals surface area (Å²) in [5, 5.41) is 2.76. The predicted octanol–water partition coefficient (Wildman–Crippen LogP) is 2.51. The molecule has 0 radical (unpaired) electrons. The predicted molar refractivity (Wildman–Crippen MR) is 119 cm³/mol. The molecule has 2 N–H and O–H groups in total. The van der Waals surface area contributed by atoms with Crippen LogP contribution in [0.5, 0.6) is 0 Å². The van der Waals surface area contributed by atoms with E-state index in [9.17, 15) is 22.8 Å². The molecule has 0 atom stereocenters. The average Bonchev–Trinajstić information content (AvgIpc) is 2.79. The number of H-pyrrole nitrogens is 1. The van der Waals surface area contributed by atoms with E-state index < -0.39 is 26.3 Å². The zero-order valence-corrected chi connectivity index (χ0v) is 18.5. The van der Waals surface area contributed by atoms with Gasteiger partial charge in [-0.15, -0.1) is 0 Å². The first-order valence-corrected chi connectivity index (χ1v) is 11.9. The number of nitrogens with one attached hydrogen (secondary N) is 2. The van der Waals surface area contributed by atoms with Gasteiger partial charge < -0.3 is 15.0 Å². The fourth-order valence-corrected chi connectivity index (χ4v) is 4.48. The molecule has 1 aromatic heterocycles. The van der Waals surface area contributed by atoms with Gasteiger partial charge in [0, 0.05) is 5.69 Å². The van der Waals surface area contributed by atoms with Crippen LogP contribution in [0.25, 0.3) is 0 Å². The topological polar surface area (TPSA) is 135 Å². The Bertz CT molecular complexity index is 1270. The number of hydrogen-bond donors (Lipinski definition) is 2. The van der Waals surface area contributed by atoms with Crippen LogP contribution < -0.4 is 10.9 Å². The van der Waals surface area contributed by atoms with Crippen molar-refractivity contribution in [1.82, 2.24) is 9.97 Å². The first-order valence-electron chi connectivity index (χ1n) is 9.40. The lowest BCUT2D eigenvalue weighted by Gasteiger charge is -2.07. The van der Waals surface area contributed by atoms with E-state index in [0.29, 0.717) is 11.3 Å². The van der Waals surface area contributed by atoms with Crippen molar-refractivity contribution in [3.63, 3.8) is 0 Å². The molecule has 0 aliphatic rings. The molecule has 3 aromatic rings. The molecule has 0 bridgehead atoms. The number of carbonyl (C=O) groups is 2. The zero-order valence-electron chi connectivity index (χ0n) is 16.9. The average molecular weight is 474 g/mol. The van der Waals surface area contributed by atoms with Crippen LogP contribution in [0.2, 0.25) is 0 Å². The number of carbonyl (C=O) groups excluding carboxylic acids is 2. The van der Waals surface area contributed by atoms with Crippen molar-refractivity contribution in [3.05, 3.63) is 76.7 Å². The molecule has 3 rings (SSSR count). The Labute approximate surface area is 188 Å². The number of ether oxygens (including phenoxy) is 1. The third kappa shape index (κ3) is 5.62. The van der Waals surface area contributed by atoms with Gasteiger partial charge in [0.1, 0.15) is 0 Å². The van der Waals surface area contributed by atoms with Crippen molar-refractivity contribution in [1.29, 1.82) is 0 Å². The molecular weight excluding hydrogens is 454 g/mol. The summed E-state index contributed by atoms with van der Waals surface area (Å²) in [6.07, 6.45) is 0.982. The van der Waals surface area contributed by atoms with E-state index in [-0.39, 0.29) is 28.3 Å². The number of esters is 1. The SMILES string of the molecule is CCOC(=O)c1ccc(NC(=O)CSc2ncc(S(=O)(=O)c3ccccc3)c(=O)[nH]2)cc1. The largest absolute Gasteiger partial charge is 0.462 e. The highest BCUT2D eigenvalue weighted by molar-refractivity contribution is 7.99. The molecule has 0 aliphatic carbocycles. The standard InChI is InChI=1S/C21H19N3O6S2/c1-2-30-20(27)14-8-10-15(11-9-14)23-18(25)13-31-21-22-12-17(19(26)24-21)32(28,29)16-6-4-3-5-7-16/h3-12H,2,13H2,1H3,(H,23,25)(H,22,24,26). The van der Waals surface area contributed by atoms with Crippen molar-refractivity contribution in [2.45, 2.75) is 21.9 Å². The monoisotopic (exact) mass is 473 g/mol. The zero-order chi connectivity index (χ0) is 23.1. The van der Waals surface area contributed by atoms with Gasteiger partial charge in [-0.3, -0.25) is 9.59 Å². The molecule has 0 aliphatic heterocycles. The van der Waals surface area contributed by atoms with Gasteiger partial charge >= 0.3 is 5.97 Å². The van der Waals surface area contributed by atoms with Gasteiger partial charge in [-0.25, -0.2) is 18.2 Å². The maximum absolute atomic E-state index is 12.6. The number of aromatic amines is 1. The second kappa shape index (κ2) is 10.2. The highest BCUT2D eigenvalue weighted by Crippen LogP contribution is 2.18. The van der Waals surface area contributed by atoms with Gasteiger partial charge in [0.25, 0.3) is 5.56 Å². The lowest BCUT2D eigenvalue weighted by molar-refractivity contribution is -0.113. The molecule has 0 spiro atoms. The fourth-order valence-electron chi connectivity index (χ4n) is 2.59. The minimum atomic E-state index is -4.00. The van der Waals surface area contributed by atoms with Gasteiger partial charge in [0.15, 0.2) is 10.1 Å². The second-order valence-electron chi connectivity index (χ2n) is 6.33. The number of benzene rings is 2. The summed E-state index contributed by atoms with van der Waals surface area (Å²) in [6, 6.07) is 13.8. The molecule has 0 fully saturated rings. The summed E-state index contributed by atoms with van der Waals surface area (Å²) in [5.74, 6) is -0.899. The van der Waals surface area contributed by atoms with Crippen molar-refractivity contribution in [2.75, 3.05) is 17.7 Å². The van der Waals surface area contributed by atoms with Gasteiger partial charge in [-0.1, -0.05) is 30.0 Å². The minimum Gasteiger partial charge on any atom is -0.462 e. The van der Waals surface area contributed by atoms with E-state index in [1.54, 1.807) is 37.3 Å². The third-order valence-corrected chi connectivity index (χ3v) is 6.76. The Morgan fingerprint density at radius 1 is 1.09 bits per heavy atom. The summed E-state index contributed by atoms with van der Waals surface area (Å²) in [7, 11) is -4.00. The number of aromatic nitrogens is 2. The first-order chi connectivity index (χ1) is 15.3. The van der Waals surface area contributed by atoms with Crippen molar-refractivity contribution in [3.8, 4) is 0 Å². The molecule has 32 heavy (non-hydrogen) atoms. The molecule has 9 nitrogen and oxygen atoms in total. The smallest absolute Gasteiger partial charge is 0.338 e. The minimum absolute atomic E-state index is 0.0129. The van der Waals surface area contributed by atoms with Crippen LogP contribution in [-0.4, -0.2) is 42.6 Å². The molecule has 166 valence electrons.